The number of hydrogen-bond acceptors (Lipinski definition) is 3. The molecule has 0 unspecified atom stereocenters. The first-order chi connectivity index (χ1) is 8.46. The number of carboxylic acids is 1. The van der Waals surface area contributed by atoms with E-state index in [1.165, 1.54) is 0 Å². The number of unbranched alkanes of at least 4 members (excludes halogenated alkanes) is 1. The number of rotatable bonds is 7. The van der Waals surface area contributed by atoms with Crippen LogP contribution < -0.4 is 4.72 Å². The van der Waals surface area contributed by atoms with Crippen molar-refractivity contribution in [3.05, 3.63) is 35.9 Å². The maximum atomic E-state index is 11.7. The second kappa shape index (κ2) is 6.51. The minimum absolute atomic E-state index is 0.0554. The smallest absolute Gasteiger partial charge is 0.326 e. The standard InChI is InChI=1S/C12H17NO4S/c1-2-3-9-18(16,17)13-11(12(14)15)10-7-5-4-6-8-10/h4-8,11,13H,2-3,9H2,1H3,(H,14,15)/t11-/m0/s1. The molecule has 2 N–H and O–H groups in total. The zero-order valence-electron chi connectivity index (χ0n) is 10.2. The van der Waals surface area contributed by atoms with Gasteiger partial charge in [0.2, 0.25) is 10.0 Å². The Kier molecular flexibility index (Phi) is 5.30. The van der Waals surface area contributed by atoms with Crippen LogP contribution in [-0.4, -0.2) is 25.2 Å². The minimum atomic E-state index is -3.57. The van der Waals surface area contributed by atoms with Crippen molar-refractivity contribution in [1.82, 2.24) is 4.72 Å². The average Bonchev–Trinajstić information content (AvgIpc) is 2.34. The third-order valence-corrected chi connectivity index (χ3v) is 3.86. The molecule has 1 aromatic rings. The highest BCUT2D eigenvalue weighted by Crippen LogP contribution is 2.14. The van der Waals surface area contributed by atoms with Gasteiger partial charge in [-0.15, -0.1) is 0 Å². The lowest BCUT2D eigenvalue weighted by Crippen LogP contribution is -2.35. The highest BCUT2D eigenvalue weighted by molar-refractivity contribution is 7.89. The van der Waals surface area contributed by atoms with Gasteiger partial charge in [-0.05, 0) is 12.0 Å². The Bertz CT molecular complexity index is 484. The summed E-state index contributed by atoms with van der Waals surface area (Å²) in [7, 11) is -3.57. The molecule has 0 aliphatic rings. The molecule has 0 bridgehead atoms. The Balaban J connectivity index is 2.86. The molecule has 0 amide bonds. The van der Waals surface area contributed by atoms with E-state index in [0.29, 0.717) is 12.0 Å². The number of nitrogens with one attached hydrogen (secondary N) is 1. The molecule has 0 aliphatic carbocycles. The summed E-state index contributed by atoms with van der Waals surface area (Å²) in [6, 6.07) is 7.03. The highest BCUT2D eigenvalue weighted by Gasteiger charge is 2.24. The molecule has 100 valence electrons. The van der Waals surface area contributed by atoms with E-state index in [1.54, 1.807) is 30.3 Å². The molecule has 18 heavy (non-hydrogen) atoms. The van der Waals surface area contributed by atoms with Crippen LogP contribution in [0, 0.1) is 0 Å². The van der Waals surface area contributed by atoms with Gasteiger partial charge >= 0.3 is 5.97 Å². The summed E-state index contributed by atoms with van der Waals surface area (Å²) in [4.78, 5) is 11.1. The van der Waals surface area contributed by atoms with Crippen LogP contribution in [0.2, 0.25) is 0 Å². The van der Waals surface area contributed by atoms with E-state index in [-0.39, 0.29) is 5.75 Å². The van der Waals surface area contributed by atoms with E-state index < -0.39 is 22.0 Å². The lowest BCUT2D eigenvalue weighted by atomic mass is 10.1. The fourth-order valence-corrected chi connectivity index (χ4v) is 2.86. The maximum absolute atomic E-state index is 11.7. The maximum Gasteiger partial charge on any atom is 0.326 e. The van der Waals surface area contributed by atoms with E-state index in [9.17, 15) is 13.2 Å². The molecule has 0 aliphatic heterocycles. The van der Waals surface area contributed by atoms with Gasteiger partial charge in [0.1, 0.15) is 6.04 Å². The van der Waals surface area contributed by atoms with Gasteiger partial charge in [-0.2, -0.15) is 4.72 Å². The van der Waals surface area contributed by atoms with E-state index >= 15 is 0 Å². The monoisotopic (exact) mass is 271 g/mol. The van der Waals surface area contributed by atoms with Gasteiger partial charge in [0.05, 0.1) is 5.75 Å². The Morgan fingerprint density at radius 1 is 1.33 bits per heavy atom. The van der Waals surface area contributed by atoms with Crippen molar-refractivity contribution in [3.8, 4) is 0 Å². The highest BCUT2D eigenvalue weighted by atomic mass is 32.2. The molecule has 0 spiro atoms. The first kappa shape index (κ1) is 14.7. The number of aliphatic carboxylic acids is 1. The van der Waals surface area contributed by atoms with Crippen molar-refractivity contribution >= 4 is 16.0 Å². The van der Waals surface area contributed by atoms with Crippen LogP contribution in [0.5, 0.6) is 0 Å². The van der Waals surface area contributed by atoms with Crippen molar-refractivity contribution in [3.63, 3.8) is 0 Å². The fourth-order valence-electron chi connectivity index (χ4n) is 1.48. The molecule has 1 rings (SSSR count). The third kappa shape index (κ3) is 4.46. The normalized spacial score (nSPS) is 13.2. The number of benzene rings is 1. The molecule has 1 atom stereocenters. The van der Waals surface area contributed by atoms with Gasteiger partial charge < -0.3 is 5.11 Å². The molecule has 0 saturated carbocycles. The van der Waals surface area contributed by atoms with Crippen LogP contribution in [0.25, 0.3) is 0 Å². The van der Waals surface area contributed by atoms with Gasteiger partial charge in [-0.3, -0.25) is 4.79 Å². The quantitative estimate of drug-likeness (QED) is 0.787. The minimum Gasteiger partial charge on any atom is -0.480 e. The second-order valence-corrected chi connectivity index (χ2v) is 5.85. The van der Waals surface area contributed by atoms with Crippen LogP contribution >= 0.6 is 0 Å². The zero-order valence-corrected chi connectivity index (χ0v) is 11.0. The predicted molar refractivity (Wildman–Crippen MR) is 68.6 cm³/mol. The van der Waals surface area contributed by atoms with Gasteiger partial charge in [0, 0.05) is 0 Å². The van der Waals surface area contributed by atoms with Crippen molar-refractivity contribution < 1.29 is 18.3 Å². The van der Waals surface area contributed by atoms with E-state index in [0.717, 1.165) is 6.42 Å². The Labute approximate surface area is 107 Å². The van der Waals surface area contributed by atoms with Crippen LogP contribution in [0.1, 0.15) is 31.4 Å². The summed E-state index contributed by atoms with van der Waals surface area (Å²) >= 11 is 0. The predicted octanol–water partition coefficient (Wildman–Crippen LogP) is 1.53. The van der Waals surface area contributed by atoms with Crippen LogP contribution in [-0.2, 0) is 14.8 Å². The Morgan fingerprint density at radius 2 is 1.94 bits per heavy atom. The number of carbonyl (C=O) groups is 1. The molecule has 0 heterocycles. The van der Waals surface area contributed by atoms with Gasteiger partial charge in [-0.25, -0.2) is 8.42 Å². The van der Waals surface area contributed by atoms with Crippen LogP contribution in [0.15, 0.2) is 30.3 Å². The molecule has 0 fully saturated rings. The lowest BCUT2D eigenvalue weighted by molar-refractivity contribution is -0.139. The van der Waals surface area contributed by atoms with Gasteiger partial charge in [0.15, 0.2) is 0 Å². The third-order valence-electron chi connectivity index (χ3n) is 2.44. The lowest BCUT2D eigenvalue weighted by Gasteiger charge is -2.14. The van der Waals surface area contributed by atoms with Crippen LogP contribution in [0.4, 0.5) is 0 Å². The molecule has 0 saturated heterocycles. The van der Waals surface area contributed by atoms with Crippen LogP contribution in [0.3, 0.4) is 0 Å². The number of hydrogen-bond donors (Lipinski definition) is 2. The summed E-state index contributed by atoms with van der Waals surface area (Å²) in [5.74, 6) is -1.26. The van der Waals surface area contributed by atoms with Crippen molar-refractivity contribution in [2.45, 2.75) is 25.8 Å². The largest absolute Gasteiger partial charge is 0.480 e. The molecule has 0 aromatic heterocycles. The van der Waals surface area contributed by atoms with E-state index in [2.05, 4.69) is 4.72 Å². The summed E-state index contributed by atoms with van der Waals surface area (Å²) in [5.41, 5.74) is 0.421. The van der Waals surface area contributed by atoms with Crippen molar-refractivity contribution in [2.24, 2.45) is 0 Å². The topological polar surface area (TPSA) is 83.5 Å². The average molecular weight is 271 g/mol. The Hall–Kier alpha value is -1.40. The fraction of sp³-hybridized carbons (Fsp3) is 0.417. The number of carboxylic acid groups (broad SMARTS) is 1. The molecular weight excluding hydrogens is 254 g/mol. The summed E-state index contributed by atoms with van der Waals surface area (Å²) in [6.07, 6.45) is 1.25. The molecule has 6 heteroatoms. The number of sulfonamides is 1. The SMILES string of the molecule is CCCCS(=O)(=O)N[C@H](C(=O)O)c1ccccc1. The first-order valence-corrected chi connectivity index (χ1v) is 7.39. The second-order valence-electron chi connectivity index (χ2n) is 3.97. The molecule has 1 aromatic carbocycles. The van der Waals surface area contributed by atoms with E-state index in [1.807, 2.05) is 6.92 Å². The summed E-state index contributed by atoms with van der Waals surface area (Å²) in [6.45, 7) is 1.88. The molecular formula is C12H17NO4S. The van der Waals surface area contributed by atoms with Gasteiger partial charge in [0.25, 0.3) is 0 Å². The van der Waals surface area contributed by atoms with Gasteiger partial charge in [-0.1, -0.05) is 43.7 Å². The van der Waals surface area contributed by atoms with E-state index in [4.69, 9.17) is 5.11 Å². The summed E-state index contributed by atoms with van der Waals surface area (Å²) < 4.78 is 25.6. The van der Waals surface area contributed by atoms with Crippen molar-refractivity contribution in [1.29, 1.82) is 0 Å². The van der Waals surface area contributed by atoms with Crippen molar-refractivity contribution in [2.75, 3.05) is 5.75 Å². The first-order valence-electron chi connectivity index (χ1n) is 5.74. The summed E-state index contributed by atoms with van der Waals surface area (Å²) in [5, 5.41) is 9.09. The zero-order chi connectivity index (χ0) is 13.6. The molecule has 5 nitrogen and oxygen atoms in total. The molecule has 0 radical (unpaired) electrons. The Morgan fingerprint density at radius 3 is 2.44 bits per heavy atom.